The van der Waals surface area contributed by atoms with Gasteiger partial charge in [-0.3, -0.25) is 19.2 Å². The van der Waals surface area contributed by atoms with E-state index in [1.807, 2.05) is 13.0 Å². The highest BCUT2D eigenvalue weighted by molar-refractivity contribution is 6.35. The number of nitrogen functional groups attached to an aromatic ring is 1. The van der Waals surface area contributed by atoms with Gasteiger partial charge in [0.2, 0.25) is 5.91 Å². The first-order valence-electron chi connectivity index (χ1n) is 19.0. The van der Waals surface area contributed by atoms with Crippen molar-refractivity contribution in [1.82, 2.24) is 10.2 Å². The molecule has 2 aromatic rings. The lowest BCUT2D eigenvalue weighted by Gasteiger charge is -2.41. The van der Waals surface area contributed by atoms with Crippen LogP contribution in [0.4, 0.5) is 11.4 Å². The minimum absolute atomic E-state index is 0.0222. The summed E-state index contributed by atoms with van der Waals surface area (Å²) in [5.74, 6) is -3.19. The smallest absolute Gasteiger partial charge is 0.328 e. The molecule has 16 heteroatoms. The topological polar surface area (TPSA) is 200 Å². The van der Waals surface area contributed by atoms with E-state index in [0.717, 1.165) is 16.0 Å². The van der Waals surface area contributed by atoms with Gasteiger partial charge in [0, 0.05) is 51.8 Å². The summed E-state index contributed by atoms with van der Waals surface area (Å²) in [7, 11) is 7.33. The third-order valence-electron chi connectivity index (χ3n) is 11.5. The number of aliphatic hydroxyl groups is 1. The van der Waals surface area contributed by atoms with Gasteiger partial charge in [-0.25, -0.2) is 4.79 Å². The van der Waals surface area contributed by atoms with Crippen LogP contribution in [0.15, 0.2) is 54.1 Å². The number of methoxy groups -OCH3 is 2. The summed E-state index contributed by atoms with van der Waals surface area (Å²) < 4.78 is 29.5. The third kappa shape index (κ3) is 9.02. The van der Waals surface area contributed by atoms with Crippen molar-refractivity contribution in [3.05, 3.63) is 75.8 Å². The van der Waals surface area contributed by atoms with Gasteiger partial charge in [0.1, 0.15) is 46.3 Å². The number of carbonyl (C=O) groups excluding carboxylic acids is 5. The first-order chi connectivity index (χ1) is 27.3. The van der Waals surface area contributed by atoms with Crippen LogP contribution in [0.5, 0.6) is 5.75 Å². The second kappa shape index (κ2) is 17.5. The number of benzene rings is 2. The summed E-state index contributed by atoms with van der Waals surface area (Å²) in [5.41, 5.74) is 5.52. The zero-order valence-corrected chi connectivity index (χ0v) is 35.0. The summed E-state index contributed by atoms with van der Waals surface area (Å²) in [6.45, 7) is 6.89. The van der Waals surface area contributed by atoms with Crippen molar-refractivity contribution in [3.63, 3.8) is 0 Å². The number of rotatable bonds is 7. The zero-order chi connectivity index (χ0) is 42.9. The molecule has 3 heterocycles. The number of esters is 2. The highest BCUT2D eigenvalue weighted by Crippen LogP contribution is 2.50. The van der Waals surface area contributed by atoms with Crippen LogP contribution in [-0.2, 0) is 39.8 Å². The molecular formula is C42H53ClN4O11. The molecule has 0 unspecified atom stereocenters. The van der Waals surface area contributed by atoms with Crippen LogP contribution in [-0.4, -0.2) is 117 Å². The Labute approximate surface area is 343 Å². The molecule has 2 fully saturated rings. The quantitative estimate of drug-likeness (QED) is 0.206. The molecule has 2 aromatic carbocycles. The van der Waals surface area contributed by atoms with Gasteiger partial charge in [-0.05, 0) is 63.1 Å². The number of nitrogens with two attached hydrogens (primary N) is 1. The standard InChI is InChI=1S/C42H53ClN4O11/c1-22-11-10-12-32(55-9)42(53)20-31(56-35(49)21-42)23(2)37-41(4,58-37)33(19-34(48)47(7)29-16-25(15-22)17-30(54-8)36(29)43)57-40(52)24(3)46(6)39(51)26-13-14-28(44)27(18-26)38(50)45-5/h10-14,16-18,23-24,31-33,37,53H,15,19-21,44H2,1-9H3,(H,45,50)/b12-10+,22-11+/t23-,24+,31+,32-,33+,37+,41+,42-/m1/s1. The van der Waals surface area contributed by atoms with E-state index in [-0.39, 0.29) is 41.1 Å². The fraction of sp³-hybridized carbons (Fsp3) is 0.500. The van der Waals surface area contributed by atoms with Gasteiger partial charge in [0.05, 0.1) is 37.3 Å². The van der Waals surface area contributed by atoms with Gasteiger partial charge in [0.15, 0.2) is 0 Å². The molecule has 0 aliphatic carbocycles. The molecule has 5 rings (SSSR count). The second-order valence-corrected chi connectivity index (χ2v) is 15.9. The van der Waals surface area contributed by atoms with Crippen LogP contribution in [0.3, 0.4) is 0 Å². The van der Waals surface area contributed by atoms with E-state index in [4.69, 9.17) is 41.0 Å². The number of likely N-dealkylation sites (N-methyl/N-ethyl adjacent to an activating group) is 1. The Balaban J connectivity index is 1.51. The molecule has 0 aromatic heterocycles. The first kappa shape index (κ1) is 44.1. The highest BCUT2D eigenvalue weighted by atomic mass is 35.5. The minimum Gasteiger partial charge on any atom is -0.495 e. The number of amides is 3. The van der Waals surface area contributed by atoms with E-state index in [1.165, 1.54) is 58.3 Å². The van der Waals surface area contributed by atoms with E-state index >= 15 is 0 Å². The van der Waals surface area contributed by atoms with E-state index in [9.17, 15) is 29.1 Å². The average molecular weight is 825 g/mol. The van der Waals surface area contributed by atoms with Crippen molar-refractivity contribution in [3.8, 4) is 5.75 Å². The molecule has 4 bridgehead atoms. The van der Waals surface area contributed by atoms with Crippen molar-refractivity contribution >= 4 is 52.6 Å². The number of epoxide rings is 1. The Morgan fingerprint density at radius 1 is 1.17 bits per heavy atom. The van der Waals surface area contributed by atoms with Crippen molar-refractivity contribution in [2.45, 2.75) is 95.0 Å². The molecular weight excluding hydrogens is 772 g/mol. The van der Waals surface area contributed by atoms with Crippen LogP contribution in [0.25, 0.3) is 0 Å². The van der Waals surface area contributed by atoms with Crippen LogP contribution in [0.1, 0.15) is 73.2 Å². The molecule has 2 saturated heterocycles. The molecule has 8 atom stereocenters. The summed E-state index contributed by atoms with van der Waals surface area (Å²) in [6, 6.07) is 6.61. The summed E-state index contributed by atoms with van der Waals surface area (Å²) >= 11 is 6.78. The number of carbonyl (C=O) groups is 5. The number of nitrogens with one attached hydrogen (secondary N) is 1. The van der Waals surface area contributed by atoms with Gasteiger partial charge < -0.3 is 49.6 Å². The predicted molar refractivity (Wildman–Crippen MR) is 216 cm³/mol. The Kier molecular flexibility index (Phi) is 13.3. The fourth-order valence-corrected chi connectivity index (χ4v) is 7.97. The van der Waals surface area contributed by atoms with Gasteiger partial charge >= 0.3 is 11.9 Å². The maximum atomic E-state index is 14.3. The Morgan fingerprint density at radius 2 is 1.88 bits per heavy atom. The SMILES string of the molecule is CNC(=O)c1cc(C(=O)N(C)[C@@H](C)C(=O)O[C@H]2CC(=O)N(C)c3cc(cc(OC)c3Cl)C/C(C)=C/C=C/[C@@H](OC)[C@]3(O)CC(=O)O[C@@H](C3)[C@@H](C)[C@@H]3O[C@@]23C)ccc1N. The Bertz CT molecular complexity index is 2020. The average Bonchev–Trinajstić information content (AvgIpc) is 3.89. The number of fused-ring (bicyclic) bond motifs is 5. The van der Waals surface area contributed by atoms with Crippen molar-refractivity contribution in [2.24, 2.45) is 5.92 Å². The number of allylic oxidation sites excluding steroid dienone is 3. The molecule has 0 radical (unpaired) electrons. The first-order valence-corrected chi connectivity index (χ1v) is 19.3. The molecule has 4 N–H and O–H groups in total. The number of hydrogen-bond donors (Lipinski definition) is 3. The largest absolute Gasteiger partial charge is 0.495 e. The lowest BCUT2D eigenvalue weighted by molar-refractivity contribution is -0.187. The van der Waals surface area contributed by atoms with Gasteiger partial charge in [-0.15, -0.1) is 0 Å². The normalized spacial score (nSPS) is 29.5. The maximum Gasteiger partial charge on any atom is 0.328 e. The molecule has 58 heavy (non-hydrogen) atoms. The monoisotopic (exact) mass is 824 g/mol. The molecule has 3 amide bonds. The van der Waals surface area contributed by atoms with Gasteiger partial charge in [-0.2, -0.15) is 0 Å². The lowest BCUT2D eigenvalue weighted by Crippen LogP contribution is -2.53. The Hall–Kier alpha value is -4.96. The van der Waals surface area contributed by atoms with Crippen molar-refractivity contribution < 1.29 is 52.8 Å². The molecule has 0 saturated carbocycles. The fourth-order valence-electron chi connectivity index (χ4n) is 7.66. The number of anilines is 2. The highest BCUT2D eigenvalue weighted by Gasteiger charge is 2.64. The second-order valence-electron chi connectivity index (χ2n) is 15.5. The van der Waals surface area contributed by atoms with Crippen LogP contribution in [0.2, 0.25) is 5.02 Å². The van der Waals surface area contributed by atoms with E-state index in [1.54, 1.807) is 45.2 Å². The van der Waals surface area contributed by atoms with Crippen molar-refractivity contribution in [1.29, 1.82) is 0 Å². The van der Waals surface area contributed by atoms with E-state index in [0.29, 0.717) is 17.9 Å². The summed E-state index contributed by atoms with van der Waals surface area (Å²) in [5, 5.41) is 14.6. The molecule has 314 valence electrons. The number of halogens is 1. The molecule has 3 aliphatic heterocycles. The number of ether oxygens (including phenoxy) is 5. The zero-order valence-electron chi connectivity index (χ0n) is 34.3. The summed E-state index contributed by atoms with van der Waals surface area (Å²) in [6.07, 6.45) is 1.53. The van der Waals surface area contributed by atoms with Gasteiger partial charge in [-0.1, -0.05) is 42.3 Å². The van der Waals surface area contributed by atoms with Crippen LogP contribution < -0.4 is 20.7 Å². The third-order valence-corrected chi connectivity index (χ3v) is 11.9. The van der Waals surface area contributed by atoms with Crippen LogP contribution in [0, 0.1) is 5.92 Å². The summed E-state index contributed by atoms with van der Waals surface area (Å²) in [4.78, 5) is 69.8. The Morgan fingerprint density at radius 3 is 2.53 bits per heavy atom. The van der Waals surface area contributed by atoms with Crippen LogP contribution >= 0.6 is 11.6 Å². The predicted octanol–water partition coefficient (Wildman–Crippen LogP) is 4.02. The number of hydrogen-bond acceptors (Lipinski definition) is 12. The molecule has 0 spiro atoms. The number of nitrogens with zero attached hydrogens (tertiary/aromatic N) is 2. The van der Waals surface area contributed by atoms with Gasteiger partial charge in [0.25, 0.3) is 11.8 Å². The van der Waals surface area contributed by atoms with E-state index < -0.39 is 77.2 Å². The maximum absolute atomic E-state index is 14.3. The molecule has 3 aliphatic rings. The van der Waals surface area contributed by atoms with E-state index in [2.05, 4.69) is 5.32 Å². The lowest BCUT2D eigenvalue weighted by atomic mass is 9.78. The van der Waals surface area contributed by atoms with Crippen molar-refractivity contribution in [2.75, 3.05) is 46.0 Å². The molecule has 15 nitrogen and oxygen atoms in total. The minimum atomic E-state index is -1.61.